The van der Waals surface area contributed by atoms with Gasteiger partial charge in [0.1, 0.15) is 10.8 Å². The Balaban J connectivity index is 1.94. The molecule has 0 spiro atoms. The van der Waals surface area contributed by atoms with Crippen molar-refractivity contribution in [2.45, 2.75) is 26.2 Å². The van der Waals surface area contributed by atoms with E-state index < -0.39 is 17.6 Å². The second-order valence-corrected chi connectivity index (χ2v) is 7.29. The second-order valence-electron chi connectivity index (χ2n) is 6.18. The van der Waals surface area contributed by atoms with E-state index in [-0.39, 0.29) is 11.1 Å². The molecule has 5 nitrogen and oxygen atoms in total. The van der Waals surface area contributed by atoms with Crippen molar-refractivity contribution < 1.29 is 14.0 Å². The van der Waals surface area contributed by atoms with Crippen LogP contribution in [0.5, 0.6) is 0 Å². The highest BCUT2D eigenvalue weighted by Crippen LogP contribution is 2.39. The van der Waals surface area contributed by atoms with Crippen LogP contribution in [-0.2, 0) is 12.8 Å². The highest BCUT2D eigenvalue weighted by atomic mass is 32.1. The van der Waals surface area contributed by atoms with Gasteiger partial charge in [0.2, 0.25) is 0 Å². The minimum absolute atomic E-state index is 0.132. The summed E-state index contributed by atoms with van der Waals surface area (Å²) in [5.74, 6) is -1.54. The van der Waals surface area contributed by atoms with E-state index in [0.717, 1.165) is 35.8 Å². The standard InChI is InChI=1S/C18H16FN3O2S/c1-9-2-4-12-14(6-9)25-18(15(12)16(21)23)22-17(24)11-5-3-10(8-20)7-13(11)19/h3,5,7,9H,2,4,6H2,1H3,(H2,21,23)(H,22,24). The van der Waals surface area contributed by atoms with Crippen molar-refractivity contribution in [3.63, 3.8) is 0 Å². The lowest BCUT2D eigenvalue weighted by molar-refractivity contribution is 0.1000. The Morgan fingerprint density at radius 3 is 2.84 bits per heavy atom. The molecule has 0 fully saturated rings. The minimum atomic E-state index is -0.785. The summed E-state index contributed by atoms with van der Waals surface area (Å²) in [5.41, 5.74) is 6.67. The molecule has 7 heteroatoms. The number of amides is 2. The molecule has 0 radical (unpaired) electrons. The van der Waals surface area contributed by atoms with Crippen LogP contribution < -0.4 is 11.1 Å². The number of hydrogen-bond acceptors (Lipinski definition) is 4. The third-order valence-electron chi connectivity index (χ3n) is 4.33. The number of nitrogens with zero attached hydrogens (tertiary/aromatic N) is 1. The minimum Gasteiger partial charge on any atom is -0.365 e. The van der Waals surface area contributed by atoms with Gasteiger partial charge in [0.15, 0.2) is 0 Å². The van der Waals surface area contributed by atoms with Gasteiger partial charge in [0, 0.05) is 4.88 Å². The Morgan fingerprint density at radius 1 is 1.44 bits per heavy atom. The van der Waals surface area contributed by atoms with Crippen molar-refractivity contribution >= 4 is 28.2 Å². The molecular formula is C18H16FN3O2S. The van der Waals surface area contributed by atoms with Crippen LogP contribution in [0.1, 0.15) is 50.1 Å². The predicted molar refractivity (Wildman–Crippen MR) is 93.1 cm³/mol. The summed E-state index contributed by atoms with van der Waals surface area (Å²) in [7, 11) is 0. The number of nitrogens with one attached hydrogen (secondary N) is 1. The van der Waals surface area contributed by atoms with Crippen molar-refractivity contribution in [3.8, 4) is 6.07 Å². The lowest BCUT2D eigenvalue weighted by Gasteiger charge is -2.18. The number of anilines is 1. The topological polar surface area (TPSA) is 96.0 Å². The summed E-state index contributed by atoms with van der Waals surface area (Å²) in [4.78, 5) is 25.3. The van der Waals surface area contributed by atoms with E-state index in [1.807, 2.05) is 6.07 Å². The summed E-state index contributed by atoms with van der Waals surface area (Å²) < 4.78 is 14.0. The van der Waals surface area contributed by atoms with Crippen LogP contribution in [0.3, 0.4) is 0 Å². The van der Waals surface area contributed by atoms with E-state index in [0.29, 0.717) is 16.5 Å². The number of hydrogen-bond donors (Lipinski definition) is 2. The average molecular weight is 357 g/mol. The highest BCUT2D eigenvalue weighted by molar-refractivity contribution is 7.17. The molecule has 1 aliphatic carbocycles. The van der Waals surface area contributed by atoms with Crippen LogP contribution in [0.4, 0.5) is 9.39 Å². The van der Waals surface area contributed by atoms with Crippen molar-refractivity contribution in [2.24, 2.45) is 11.7 Å². The fourth-order valence-electron chi connectivity index (χ4n) is 3.04. The first-order valence-electron chi connectivity index (χ1n) is 7.86. The predicted octanol–water partition coefficient (Wildman–Crippen LogP) is 3.23. The van der Waals surface area contributed by atoms with E-state index in [2.05, 4.69) is 12.2 Å². The van der Waals surface area contributed by atoms with Crippen molar-refractivity contribution in [1.82, 2.24) is 0 Å². The Bertz CT molecular complexity index is 914. The first kappa shape index (κ1) is 17.1. The zero-order valence-corrected chi connectivity index (χ0v) is 14.4. The lowest BCUT2D eigenvalue weighted by atomic mass is 9.88. The number of thiophene rings is 1. The maximum absolute atomic E-state index is 14.0. The first-order valence-corrected chi connectivity index (χ1v) is 8.67. The maximum Gasteiger partial charge on any atom is 0.259 e. The van der Waals surface area contributed by atoms with Crippen LogP contribution in [0, 0.1) is 23.1 Å². The van der Waals surface area contributed by atoms with Crippen molar-refractivity contribution in [2.75, 3.05) is 5.32 Å². The molecule has 0 saturated carbocycles. The third-order valence-corrected chi connectivity index (χ3v) is 5.50. The third kappa shape index (κ3) is 3.26. The number of fused-ring (bicyclic) bond motifs is 1. The Labute approximate surface area is 148 Å². The summed E-state index contributed by atoms with van der Waals surface area (Å²) in [6.07, 6.45) is 2.54. The Morgan fingerprint density at radius 2 is 2.20 bits per heavy atom. The van der Waals surface area contributed by atoms with Gasteiger partial charge < -0.3 is 11.1 Å². The zero-order valence-electron chi connectivity index (χ0n) is 13.6. The van der Waals surface area contributed by atoms with E-state index in [4.69, 9.17) is 11.0 Å². The second kappa shape index (κ2) is 6.65. The highest BCUT2D eigenvalue weighted by Gasteiger charge is 2.27. The molecule has 0 saturated heterocycles. The smallest absolute Gasteiger partial charge is 0.259 e. The molecular weight excluding hydrogens is 341 g/mol. The van der Waals surface area contributed by atoms with E-state index in [1.54, 1.807) is 0 Å². The Kier molecular flexibility index (Phi) is 4.55. The van der Waals surface area contributed by atoms with Crippen LogP contribution in [0.15, 0.2) is 18.2 Å². The molecule has 1 atom stereocenters. The van der Waals surface area contributed by atoms with Crippen LogP contribution in [0.2, 0.25) is 0 Å². The van der Waals surface area contributed by atoms with Gasteiger partial charge in [-0.2, -0.15) is 5.26 Å². The van der Waals surface area contributed by atoms with Gasteiger partial charge in [0.05, 0.1) is 22.8 Å². The molecule has 0 aliphatic heterocycles. The van der Waals surface area contributed by atoms with Gasteiger partial charge in [-0.3, -0.25) is 9.59 Å². The summed E-state index contributed by atoms with van der Waals surface area (Å²) in [6.45, 7) is 2.14. The normalized spacial score (nSPS) is 16.0. The van der Waals surface area contributed by atoms with Crippen molar-refractivity contribution in [3.05, 3.63) is 51.1 Å². The number of rotatable bonds is 3. The number of carbonyl (C=O) groups is 2. The number of primary amides is 1. The number of halogens is 1. The number of benzene rings is 1. The molecule has 1 aliphatic rings. The molecule has 1 aromatic carbocycles. The monoisotopic (exact) mass is 357 g/mol. The first-order chi connectivity index (χ1) is 11.9. The van der Waals surface area contributed by atoms with E-state index >= 15 is 0 Å². The van der Waals surface area contributed by atoms with Gasteiger partial charge >= 0.3 is 0 Å². The van der Waals surface area contributed by atoms with Crippen LogP contribution >= 0.6 is 11.3 Å². The van der Waals surface area contributed by atoms with Gasteiger partial charge in [-0.1, -0.05) is 6.92 Å². The summed E-state index contributed by atoms with van der Waals surface area (Å²) >= 11 is 1.32. The van der Waals surface area contributed by atoms with Gasteiger partial charge in [0.25, 0.3) is 11.8 Å². The van der Waals surface area contributed by atoms with E-state index in [9.17, 15) is 14.0 Å². The van der Waals surface area contributed by atoms with Crippen LogP contribution in [-0.4, -0.2) is 11.8 Å². The average Bonchev–Trinajstić information content (AvgIpc) is 2.91. The molecule has 1 aromatic heterocycles. The molecule has 128 valence electrons. The number of nitriles is 1. The summed E-state index contributed by atoms with van der Waals surface area (Å²) in [6, 6.07) is 5.44. The fraction of sp³-hybridized carbons (Fsp3) is 0.278. The summed E-state index contributed by atoms with van der Waals surface area (Å²) in [5, 5.41) is 11.7. The van der Waals surface area contributed by atoms with E-state index in [1.165, 1.54) is 23.5 Å². The van der Waals surface area contributed by atoms with Gasteiger partial charge in [-0.05, 0) is 48.9 Å². The van der Waals surface area contributed by atoms with Crippen LogP contribution in [0.25, 0.3) is 0 Å². The number of nitrogens with two attached hydrogens (primary N) is 1. The zero-order chi connectivity index (χ0) is 18.1. The molecule has 25 heavy (non-hydrogen) atoms. The van der Waals surface area contributed by atoms with Gasteiger partial charge in [-0.25, -0.2) is 4.39 Å². The molecule has 1 heterocycles. The molecule has 2 aromatic rings. The lowest BCUT2D eigenvalue weighted by Crippen LogP contribution is -2.20. The Hall–Kier alpha value is -2.72. The maximum atomic E-state index is 14.0. The van der Waals surface area contributed by atoms with Crippen molar-refractivity contribution in [1.29, 1.82) is 5.26 Å². The van der Waals surface area contributed by atoms with Gasteiger partial charge in [-0.15, -0.1) is 11.3 Å². The number of carbonyl (C=O) groups excluding carboxylic acids is 2. The largest absolute Gasteiger partial charge is 0.365 e. The molecule has 3 N–H and O–H groups in total. The SMILES string of the molecule is CC1CCc2c(sc(NC(=O)c3ccc(C#N)cc3F)c2C(N)=O)C1. The fourth-order valence-corrected chi connectivity index (χ4v) is 4.45. The quantitative estimate of drug-likeness (QED) is 0.882. The molecule has 1 unspecified atom stereocenters. The molecule has 2 amide bonds. The molecule has 0 bridgehead atoms. The molecule has 3 rings (SSSR count).